The first kappa shape index (κ1) is 29.3. The summed E-state index contributed by atoms with van der Waals surface area (Å²) in [6, 6.07) is -4.73. The van der Waals surface area contributed by atoms with E-state index in [0.717, 1.165) is 0 Å². The Kier molecular flexibility index (Phi) is 12.5. The normalized spacial score (nSPS) is 16.8. The lowest BCUT2D eigenvalue weighted by Crippen LogP contribution is -2.60. The van der Waals surface area contributed by atoms with Gasteiger partial charge in [0.1, 0.15) is 24.2 Å². The number of carbonyl (C=O) groups is 5. The van der Waals surface area contributed by atoms with Gasteiger partial charge >= 0.3 is 5.97 Å². The topological polar surface area (TPSA) is 214 Å². The highest BCUT2D eigenvalue weighted by Crippen LogP contribution is 2.11. The molecule has 12 nitrogen and oxygen atoms in total. The van der Waals surface area contributed by atoms with E-state index in [2.05, 4.69) is 16.0 Å². The lowest BCUT2D eigenvalue weighted by molar-refractivity contribution is -0.143. The molecule has 0 saturated heterocycles. The van der Waals surface area contributed by atoms with E-state index in [-0.39, 0.29) is 24.7 Å². The van der Waals surface area contributed by atoms with Crippen molar-refractivity contribution in [2.24, 2.45) is 23.3 Å². The minimum absolute atomic E-state index is 0.195. The second-order valence-electron chi connectivity index (χ2n) is 8.27. The second kappa shape index (κ2) is 13.6. The molecule has 0 heterocycles. The third-order valence-electron chi connectivity index (χ3n) is 5.16. The Morgan fingerprint density at radius 1 is 0.875 bits per heavy atom. The summed E-state index contributed by atoms with van der Waals surface area (Å²) in [6.45, 7) is 8.20. The molecule has 0 rings (SSSR count). The molecule has 0 radical (unpaired) electrons. The molecule has 9 N–H and O–H groups in total. The molecule has 32 heavy (non-hydrogen) atoms. The summed E-state index contributed by atoms with van der Waals surface area (Å²) in [5.74, 6) is -4.90. The maximum Gasteiger partial charge on any atom is 0.326 e. The third-order valence-corrected chi connectivity index (χ3v) is 5.16. The van der Waals surface area contributed by atoms with Gasteiger partial charge in [0.15, 0.2) is 0 Å². The van der Waals surface area contributed by atoms with Gasteiger partial charge in [-0.15, -0.1) is 0 Å². The summed E-state index contributed by atoms with van der Waals surface area (Å²) in [5, 5.41) is 26.2. The van der Waals surface area contributed by atoms with Crippen LogP contribution in [0.5, 0.6) is 0 Å². The summed E-state index contributed by atoms with van der Waals surface area (Å²) in [5.41, 5.74) is 10.7. The number of nitrogens with two attached hydrogens (primary N) is 2. The van der Waals surface area contributed by atoms with E-state index < -0.39 is 59.9 Å². The highest BCUT2D eigenvalue weighted by molar-refractivity contribution is 5.94. The molecule has 0 aromatic carbocycles. The van der Waals surface area contributed by atoms with E-state index in [1.165, 1.54) is 6.92 Å². The van der Waals surface area contributed by atoms with Gasteiger partial charge in [0.05, 0.1) is 6.10 Å². The highest BCUT2D eigenvalue weighted by atomic mass is 16.4. The highest BCUT2D eigenvalue weighted by Gasteiger charge is 2.34. The van der Waals surface area contributed by atoms with E-state index >= 15 is 0 Å². The molecule has 184 valence electrons. The molecule has 0 bridgehead atoms. The number of rotatable bonds is 14. The number of aliphatic carboxylic acids is 1. The number of nitrogens with one attached hydrogen (secondary N) is 3. The van der Waals surface area contributed by atoms with Crippen LogP contribution in [0.2, 0.25) is 0 Å². The van der Waals surface area contributed by atoms with Crippen molar-refractivity contribution < 1.29 is 34.2 Å². The molecular formula is C20H37N5O7. The van der Waals surface area contributed by atoms with Crippen molar-refractivity contribution >= 4 is 29.6 Å². The molecule has 6 unspecified atom stereocenters. The van der Waals surface area contributed by atoms with Crippen molar-refractivity contribution in [3.8, 4) is 0 Å². The predicted molar refractivity (Wildman–Crippen MR) is 116 cm³/mol. The SMILES string of the molecule is CCC(C)C(NC(=O)C(NC(=O)C(N)C(C)O)C(C)C)C(=O)NC(CCC(N)=O)C(=O)O. The number of carboxylic acid groups (broad SMARTS) is 1. The predicted octanol–water partition coefficient (Wildman–Crippen LogP) is -1.80. The monoisotopic (exact) mass is 459 g/mol. The first-order valence-electron chi connectivity index (χ1n) is 10.6. The van der Waals surface area contributed by atoms with Crippen molar-refractivity contribution in [1.29, 1.82) is 0 Å². The molecule has 0 fully saturated rings. The molecule has 0 spiro atoms. The van der Waals surface area contributed by atoms with Gasteiger partial charge in [0.25, 0.3) is 0 Å². The van der Waals surface area contributed by atoms with Crippen LogP contribution in [0.15, 0.2) is 0 Å². The fraction of sp³-hybridized carbons (Fsp3) is 0.750. The Hall–Kier alpha value is -2.73. The van der Waals surface area contributed by atoms with Crippen molar-refractivity contribution in [3.05, 3.63) is 0 Å². The van der Waals surface area contributed by atoms with Gasteiger partial charge in [0, 0.05) is 6.42 Å². The van der Waals surface area contributed by atoms with Gasteiger partial charge in [0.2, 0.25) is 23.6 Å². The zero-order valence-electron chi connectivity index (χ0n) is 19.3. The number of amides is 4. The van der Waals surface area contributed by atoms with Gasteiger partial charge in [-0.05, 0) is 25.2 Å². The molecule has 0 aliphatic heterocycles. The van der Waals surface area contributed by atoms with E-state index in [1.54, 1.807) is 27.7 Å². The van der Waals surface area contributed by atoms with Crippen molar-refractivity contribution in [3.63, 3.8) is 0 Å². The Morgan fingerprint density at radius 2 is 1.38 bits per heavy atom. The van der Waals surface area contributed by atoms with E-state index in [4.69, 9.17) is 11.5 Å². The van der Waals surface area contributed by atoms with Crippen LogP contribution in [0, 0.1) is 11.8 Å². The number of primary amides is 1. The molecule has 4 amide bonds. The van der Waals surface area contributed by atoms with Crippen LogP contribution in [0.1, 0.15) is 53.9 Å². The van der Waals surface area contributed by atoms with Crippen molar-refractivity contribution in [2.45, 2.75) is 84.2 Å². The third kappa shape index (κ3) is 9.60. The molecule has 12 heteroatoms. The van der Waals surface area contributed by atoms with Crippen LogP contribution in [-0.4, -0.2) is 70.1 Å². The zero-order valence-corrected chi connectivity index (χ0v) is 19.3. The lowest BCUT2D eigenvalue weighted by Gasteiger charge is -2.29. The van der Waals surface area contributed by atoms with Gasteiger partial charge in [-0.3, -0.25) is 19.2 Å². The summed E-state index contributed by atoms with van der Waals surface area (Å²) in [6.07, 6.45) is -1.07. The molecule has 6 atom stereocenters. The molecule has 0 aliphatic carbocycles. The molecule has 0 saturated carbocycles. The van der Waals surface area contributed by atoms with Crippen LogP contribution in [-0.2, 0) is 24.0 Å². The molecular weight excluding hydrogens is 422 g/mol. The van der Waals surface area contributed by atoms with Crippen LogP contribution >= 0.6 is 0 Å². The summed E-state index contributed by atoms with van der Waals surface area (Å²) in [7, 11) is 0. The Labute approximate surface area is 187 Å². The van der Waals surface area contributed by atoms with Gasteiger partial charge in [-0.2, -0.15) is 0 Å². The minimum Gasteiger partial charge on any atom is -0.480 e. The quantitative estimate of drug-likeness (QED) is 0.157. The largest absolute Gasteiger partial charge is 0.480 e. The maximum atomic E-state index is 12.9. The summed E-state index contributed by atoms with van der Waals surface area (Å²) < 4.78 is 0. The smallest absolute Gasteiger partial charge is 0.326 e. The molecule has 0 aliphatic rings. The lowest BCUT2D eigenvalue weighted by atomic mass is 9.95. The Balaban J connectivity index is 5.50. The summed E-state index contributed by atoms with van der Waals surface area (Å²) in [4.78, 5) is 60.3. The van der Waals surface area contributed by atoms with E-state index in [0.29, 0.717) is 6.42 Å². The van der Waals surface area contributed by atoms with E-state index in [9.17, 15) is 34.2 Å². The molecule has 0 aromatic rings. The van der Waals surface area contributed by atoms with Crippen molar-refractivity contribution in [2.75, 3.05) is 0 Å². The Bertz CT molecular complexity index is 683. The van der Waals surface area contributed by atoms with Gasteiger partial charge in [-0.25, -0.2) is 4.79 Å². The number of hydrogen-bond acceptors (Lipinski definition) is 7. The van der Waals surface area contributed by atoms with Crippen molar-refractivity contribution in [1.82, 2.24) is 16.0 Å². The first-order chi connectivity index (χ1) is 14.7. The minimum atomic E-state index is -1.36. The summed E-state index contributed by atoms with van der Waals surface area (Å²) >= 11 is 0. The fourth-order valence-corrected chi connectivity index (χ4v) is 2.75. The number of aliphatic hydroxyl groups excluding tert-OH is 1. The molecule has 0 aromatic heterocycles. The first-order valence-corrected chi connectivity index (χ1v) is 10.6. The van der Waals surface area contributed by atoms with Crippen LogP contribution in [0.25, 0.3) is 0 Å². The number of carboxylic acids is 1. The maximum absolute atomic E-state index is 12.9. The zero-order chi connectivity index (χ0) is 25.2. The average molecular weight is 460 g/mol. The van der Waals surface area contributed by atoms with Crippen LogP contribution < -0.4 is 27.4 Å². The average Bonchev–Trinajstić information content (AvgIpc) is 2.70. The number of aliphatic hydroxyl groups is 1. The van der Waals surface area contributed by atoms with Gasteiger partial charge in [-0.1, -0.05) is 34.1 Å². The van der Waals surface area contributed by atoms with Crippen LogP contribution in [0.3, 0.4) is 0 Å². The second-order valence-corrected chi connectivity index (χ2v) is 8.27. The Morgan fingerprint density at radius 3 is 1.78 bits per heavy atom. The number of carbonyl (C=O) groups excluding carboxylic acids is 4. The van der Waals surface area contributed by atoms with Gasteiger partial charge < -0.3 is 37.6 Å². The number of hydrogen-bond donors (Lipinski definition) is 7. The van der Waals surface area contributed by atoms with Crippen LogP contribution in [0.4, 0.5) is 0 Å². The fourth-order valence-electron chi connectivity index (χ4n) is 2.75. The standard InChI is InChI=1S/C20H37N5O7/c1-6-10(4)16(19(30)23-12(20(31)32)7-8-13(21)27)25-18(29)15(9(2)3)24-17(28)14(22)11(5)26/h9-12,14-16,26H,6-8,22H2,1-5H3,(H2,21,27)(H,23,30)(H,24,28)(H,25,29)(H,31,32). The van der Waals surface area contributed by atoms with E-state index in [1.807, 2.05) is 0 Å².